The van der Waals surface area contributed by atoms with Gasteiger partial charge >= 0.3 is 0 Å². The molecule has 0 radical (unpaired) electrons. The number of unbranched alkanes of at least 4 members (excludes halogenated alkanes) is 1. The van der Waals surface area contributed by atoms with E-state index < -0.39 is 0 Å². The Morgan fingerprint density at radius 1 is 0.960 bits per heavy atom. The number of hydrogen-bond acceptors (Lipinski definition) is 3. The van der Waals surface area contributed by atoms with Gasteiger partial charge in [-0.3, -0.25) is 0 Å². The van der Waals surface area contributed by atoms with E-state index in [1.807, 2.05) is 49.4 Å². The molecule has 0 saturated carbocycles. The number of hydrogen-bond donors (Lipinski definition) is 0. The van der Waals surface area contributed by atoms with E-state index in [9.17, 15) is 0 Å². The fourth-order valence-corrected chi connectivity index (χ4v) is 2.71. The zero-order chi connectivity index (χ0) is 18.1. The Morgan fingerprint density at radius 2 is 1.64 bits per heavy atom. The summed E-state index contributed by atoms with van der Waals surface area (Å²) in [6, 6.07) is 11.8. The molecule has 2 aromatic rings. The molecule has 0 saturated heterocycles. The van der Waals surface area contributed by atoms with Crippen molar-refractivity contribution in [1.29, 1.82) is 0 Å². The Hall–Kier alpha value is -2.13. The predicted octanol–water partition coefficient (Wildman–Crippen LogP) is 5.62. The standard InChI is InChI=1S/C21H25ClO3/c1-4-7-17-9-11-20(21(15-17)23-3)25-13-6-5-12-24-19-10-8-16(2)14-18(19)22/h4,8-11,14-15H,1,5-7,12-13H2,2-3H3. The zero-order valence-electron chi connectivity index (χ0n) is 14.9. The van der Waals surface area contributed by atoms with Crippen LogP contribution in [0.2, 0.25) is 5.02 Å². The van der Waals surface area contributed by atoms with Crippen molar-refractivity contribution in [3.05, 3.63) is 65.2 Å². The summed E-state index contributed by atoms with van der Waals surface area (Å²) in [6.45, 7) is 6.98. The van der Waals surface area contributed by atoms with E-state index >= 15 is 0 Å². The number of ether oxygens (including phenoxy) is 3. The highest BCUT2D eigenvalue weighted by molar-refractivity contribution is 6.32. The minimum absolute atomic E-state index is 0.613. The largest absolute Gasteiger partial charge is 0.493 e. The van der Waals surface area contributed by atoms with Crippen molar-refractivity contribution in [3.63, 3.8) is 0 Å². The van der Waals surface area contributed by atoms with E-state index in [4.69, 9.17) is 25.8 Å². The molecular weight excluding hydrogens is 336 g/mol. The van der Waals surface area contributed by atoms with Crippen LogP contribution in [-0.2, 0) is 6.42 Å². The highest BCUT2D eigenvalue weighted by atomic mass is 35.5. The van der Waals surface area contributed by atoms with Crippen LogP contribution in [0, 0.1) is 6.92 Å². The summed E-state index contributed by atoms with van der Waals surface area (Å²) in [7, 11) is 1.65. The average molecular weight is 361 g/mol. The van der Waals surface area contributed by atoms with Crippen molar-refractivity contribution < 1.29 is 14.2 Å². The second-order valence-electron chi connectivity index (χ2n) is 5.82. The first-order valence-corrected chi connectivity index (χ1v) is 8.81. The Labute approximate surface area is 155 Å². The fraction of sp³-hybridized carbons (Fsp3) is 0.333. The maximum absolute atomic E-state index is 6.15. The third-order valence-electron chi connectivity index (χ3n) is 3.75. The maximum Gasteiger partial charge on any atom is 0.161 e. The Bertz CT molecular complexity index is 698. The average Bonchev–Trinajstić information content (AvgIpc) is 2.60. The van der Waals surface area contributed by atoms with Crippen molar-refractivity contribution >= 4 is 11.6 Å². The van der Waals surface area contributed by atoms with Gasteiger partial charge in [0.2, 0.25) is 0 Å². The second-order valence-corrected chi connectivity index (χ2v) is 6.22. The third kappa shape index (κ3) is 6.02. The smallest absolute Gasteiger partial charge is 0.161 e. The van der Waals surface area contributed by atoms with Gasteiger partial charge in [0.15, 0.2) is 11.5 Å². The molecular formula is C21H25ClO3. The van der Waals surface area contributed by atoms with E-state index in [2.05, 4.69) is 6.58 Å². The monoisotopic (exact) mass is 360 g/mol. The Morgan fingerprint density at radius 3 is 2.28 bits per heavy atom. The van der Waals surface area contributed by atoms with E-state index in [0.717, 1.165) is 47.6 Å². The molecule has 0 fully saturated rings. The van der Waals surface area contributed by atoms with Crippen LogP contribution in [0.3, 0.4) is 0 Å². The number of allylic oxidation sites excluding steroid dienone is 1. The molecule has 0 amide bonds. The highest BCUT2D eigenvalue weighted by Gasteiger charge is 2.06. The van der Waals surface area contributed by atoms with Gasteiger partial charge in [-0.15, -0.1) is 6.58 Å². The summed E-state index contributed by atoms with van der Waals surface area (Å²) in [5.41, 5.74) is 2.28. The lowest BCUT2D eigenvalue weighted by molar-refractivity contribution is 0.258. The molecule has 3 nitrogen and oxygen atoms in total. The first-order chi connectivity index (χ1) is 12.1. The summed E-state index contributed by atoms with van der Waals surface area (Å²) in [5, 5.41) is 0.653. The van der Waals surface area contributed by atoms with Crippen molar-refractivity contribution in [2.24, 2.45) is 0 Å². The van der Waals surface area contributed by atoms with E-state index in [0.29, 0.717) is 18.2 Å². The van der Waals surface area contributed by atoms with Gasteiger partial charge in [0, 0.05) is 0 Å². The molecule has 0 bridgehead atoms. The summed E-state index contributed by atoms with van der Waals surface area (Å²) in [6.07, 6.45) is 4.47. The van der Waals surface area contributed by atoms with Crippen LogP contribution in [0.5, 0.6) is 17.2 Å². The normalized spacial score (nSPS) is 10.4. The molecule has 0 spiro atoms. The SMILES string of the molecule is C=CCc1ccc(OCCCCOc2ccc(C)cc2Cl)c(OC)c1. The molecule has 2 rings (SSSR count). The third-order valence-corrected chi connectivity index (χ3v) is 4.04. The molecule has 0 aliphatic carbocycles. The minimum atomic E-state index is 0.613. The van der Waals surface area contributed by atoms with Gasteiger partial charge in [-0.25, -0.2) is 0 Å². The number of halogens is 1. The first kappa shape index (κ1) is 19.2. The summed E-state index contributed by atoms with van der Waals surface area (Å²) < 4.78 is 16.9. The Kier molecular flexibility index (Phi) is 7.68. The van der Waals surface area contributed by atoms with Crippen molar-refractivity contribution in [3.8, 4) is 17.2 Å². The fourth-order valence-electron chi connectivity index (χ4n) is 2.42. The summed E-state index contributed by atoms with van der Waals surface area (Å²) in [4.78, 5) is 0. The van der Waals surface area contributed by atoms with E-state index in [-0.39, 0.29) is 0 Å². The van der Waals surface area contributed by atoms with Gasteiger partial charge in [-0.1, -0.05) is 29.8 Å². The molecule has 0 N–H and O–H groups in total. The number of rotatable bonds is 10. The topological polar surface area (TPSA) is 27.7 Å². The Balaban J connectivity index is 1.73. The van der Waals surface area contributed by atoms with Gasteiger partial charge in [-0.05, 0) is 61.6 Å². The lowest BCUT2D eigenvalue weighted by Gasteiger charge is -2.12. The zero-order valence-corrected chi connectivity index (χ0v) is 15.6. The van der Waals surface area contributed by atoms with Gasteiger partial charge in [-0.2, -0.15) is 0 Å². The van der Waals surface area contributed by atoms with Crippen LogP contribution in [0.25, 0.3) is 0 Å². The highest BCUT2D eigenvalue weighted by Crippen LogP contribution is 2.29. The molecule has 0 heterocycles. The van der Waals surface area contributed by atoms with Crippen LogP contribution in [0.4, 0.5) is 0 Å². The molecule has 4 heteroatoms. The molecule has 25 heavy (non-hydrogen) atoms. The molecule has 0 aliphatic heterocycles. The van der Waals surface area contributed by atoms with Crippen molar-refractivity contribution in [2.45, 2.75) is 26.2 Å². The van der Waals surface area contributed by atoms with Gasteiger partial charge in [0.05, 0.1) is 25.3 Å². The van der Waals surface area contributed by atoms with Crippen LogP contribution < -0.4 is 14.2 Å². The second kappa shape index (κ2) is 10.00. The molecule has 0 aliphatic rings. The van der Waals surface area contributed by atoms with Gasteiger partial charge in [0.1, 0.15) is 5.75 Å². The van der Waals surface area contributed by atoms with Crippen molar-refractivity contribution in [1.82, 2.24) is 0 Å². The molecule has 0 unspecified atom stereocenters. The van der Waals surface area contributed by atoms with Crippen LogP contribution in [-0.4, -0.2) is 20.3 Å². The molecule has 134 valence electrons. The summed E-state index contributed by atoms with van der Waals surface area (Å²) >= 11 is 6.15. The molecule has 0 atom stereocenters. The lowest BCUT2D eigenvalue weighted by atomic mass is 10.1. The van der Waals surface area contributed by atoms with Crippen LogP contribution >= 0.6 is 11.6 Å². The van der Waals surface area contributed by atoms with Crippen LogP contribution in [0.1, 0.15) is 24.0 Å². The summed E-state index contributed by atoms with van der Waals surface area (Å²) in [5.74, 6) is 2.24. The number of aryl methyl sites for hydroxylation is 1. The van der Waals surface area contributed by atoms with Gasteiger partial charge in [0.25, 0.3) is 0 Å². The first-order valence-electron chi connectivity index (χ1n) is 8.43. The van der Waals surface area contributed by atoms with Crippen LogP contribution in [0.15, 0.2) is 49.1 Å². The van der Waals surface area contributed by atoms with E-state index in [1.54, 1.807) is 7.11 Å². The minimum Gasteiger partial charge on any atom is -0.493 e. The quantitative estimate of drug-likeness (QED) is 0.406. The number of benzene rings is 2. The van der Waals surface area contributed by atoms with Crippen molar-refractivity contribution in [2.75, 3.05) is 20.3 Å². The lowest BCUT2D eigenvalue weighted by Crippen LogP contribution is -2.04. The number of methoxy groups -OCH3 is 1. The molecule has 2 aromatic carbocycles. The predicted molar refractivity (Wildman–Crippen MR) is 103 cm³/mol. The van der Waals surface area contributed by atoms with E-state index in [1.165, 1.54) is 0 Å². The maximum atomic E-state index is 6.15. The molecule has 0 aromatic heterocycles. The van der Waals surface area contributed by atoms with Gasteiger partial charge < -0.3 is 14.2 Å².